The minimum atomic E-state index is 0.334. The Hall–Kier alpha value is -2.78. The summed E-state index contributed by atoms with van der Waals surface area (Å²) in [6.07, 6.45) is 5.42. The van der Waals surface area contributed by atoms with Crippen LogP contribution in [0.2, 0.25) is 0 Å². The monoisotopic (exact) mass is 383 g/mol. The van der Waals surface area contributed by atoms with Crippen molar-refractivity contribution >= 4 is 28.6 Å². The third-order valence-electron chi connectivity index (χ3n) is 5.33. The molecule has 1 N–H and O–H groups in total. The summed E-state index contributed by atoms with van der Waals surface area (Å²) in [5, 5.41) is 3.30. The highest BCUT2D eigenvalue weighted by Gasteiger charge is 2.30. The highest BCUT2D eigenvalue weighted by atomic mass is 16.7. The highest BCUT2D eigenvalue weighted by molar-refractivity contribution is 5.78. The molecule has 9 heteroatoms. The van der Waals surface area contributed by atoms with Crippen molar-refractivity contribution in [1.29, 1.82) is 0 Å². The first kappa shape index (κ1) is 18.6. The van der Waals surface area contributed by atoms with Crippen molar-refractivity contribution in [3.63, 3.8) is 0 Å². The van der Waals surface area contributed by atoms with Gasteiger partial charge in [0, 0.05) is 18.3 Å². The summed E-state index contributed by atoms with van der Waals surface area (Å²) in [4.78, 5) is 25.8. The Bertz CT molecular complexity index is 961. The van der Waals surface area contributed by atoms with Gasteiger partial charge in [0.2, 0.25) is 5.95 Å². The molecule has 28 heavy (non-hydrogen) atoms. The first-order chi connectivity index (χ1) is 13.5. The Labute approximate surface area is 164 Å². The van der Waals surface area contributed by atoms with E-state index in [-0.39, 0.29) is 0 Å². The van der Waals surface area contributed by atoms with Crippen LogP contribution in [-0.4, -0.2) is 69.5 Å². The van der Waals surface area contributed by atoms with Crippen LogP contribution in [0.3, 0.4) is 0 Å². The zero-order valence-electron chi connectivity index (χ0n) is 16.8. The minimum Gasteiger partial charge on any atom is -0.329 e. The molecule has 0 atom stereocenters. The van der Waals surface area contributed by atoms with E-state index in [4.69, 9.17) is 4.84 Å². The molecule has 3 aromatic heterocycles. The Morgan fingerprint density at radius 3 is 2.64 bits per heavy atom. The van der Waals surface area contributed by atoms with Gasteiger partial charge < -0.3 is 14.8 Å². The first-order valence-electron chi connectivity index (χ1n) is 9.55. The number of nitrogens with one attached hydrogen (secondary N) is 1. The van der Waals surface area contributed by atoms with Gasteiger partial charge in [-0.05, 0) is 19.9 Å². The number of rotatable bonds is 5. The van der Waals surface area contributed by atoms with E-state index in [2.05, 4.69) is 55.6 Å². The van der Waals surface area contributed by atoms with E-state index in [9.17, 15) is 0 Å². The maximum absolute atomic E-state index is 5.56. The molecule has 0 radical (unpaired) electrons. The second-order valence-electron chi connectivity index (χ2n) is 7.58. The quantitative estimate of drug-likeness (QED) is 0.678. The molecule has 0 spiro atoms. The number of hydrogen-bond donors (Lipinski definition) is 1. The molecule has 0 unspecified atom stereocenters. The summed E-state index contributed by atoms with van der Waals surface area (Å²) in [5.74, 6) is 2.18. The lowest BCUT2D eigenvalue weighted by Crippen LogP contribution is -2.56. The smallest absolute Gasteiger partial charge is 0.227 e. The van der Waals surface area contributed by atoms with Crippen LogP contribution in [0.25, 0.3) is 11.0 Å². The molecule has 0 aromatic carbocycles. The fourth-order valence-electron chi connectivity index (χ4n) is 3.38. The Kier molecular flexibility index (Phi) is 4.86. The van der Waals surface area contributed by atoms with Crippen LogP contribution in [0.15, 0.2) is 30.9 Å². The molecule has 0 saturated carbocycles. The van der Waals surface area contributed by atoms with E-state index >= 15 is 0 Å². The van der Waals surface area contributed by atoms with Gasteiger partial charge in [-0.3, -0.25) is 0 Å². The Morgan fingerprint density at radius 2 is 1.93 bits per heavy atom. The molecule has 4 heterocycles. The van der Waals surface area contributed by atoms with Crippen molar-refractivity contribution < 1.29 is 9.48 Å². The van der Waals surface area contributed by atoms with E-state index in [0.29, 0.717) is 10.7 Å². The van der Waals surface area contributed by atoms with Gasteiger partial charge in [0.05, 0.1) is 45.3 Å². The predicted molar refractivity (Wildman–Crippen MR) is 108 cm³/mol. The normalized spacial score (nSPS) is 16.7. The van der Waals surface area contributed by atoms with Gasteiger partial charge in [-0.2, -0.15) is 9.63 Å². The SMILES string of the molecule is CO[N+]1(C)CCN(c2nccc(Nc3cc4c(cn3)ncn4C(C)C)n2)CC1. The topological polar surface area (TPSA) is 81.0 Å². The van der Waals surface area contributed by atoms with Crippen molar-refractivity contribution in [2.24, 2.45) is 0 Å². The number of fused-ring (bicyclic) bond motifs is 1. The first-order valence-corrected chi connectivity index (χ1v) is 9.55. The number of hydroxylamine groups is 3. The van der Waals surface area contributed by atoms with Crippen LogP contribution in [0, 0.1) is 0 Å². The van der Waals surface area contributed by atoms with E-state index in [1.165, 1.54) is 0 Å². The van der Waals surface area contributed by atoms with Crippen molar-refractivity contribution in [2.45, 2.75) is 19.9 Å². The zero-order chi connectivity index (χ0) is 19.7. The molecule has 4 rings (SSSR count). The maximum Gasteiger partial charge on any atom is 0.227 e. The number of hydrogen-bond acceptors (Lipinski definition) is 7. The molecule has 1 fully saturated rings. The Balaban J connectivity index is 1.52. The molecular weight excluding hydrogens is 356 g/mol. The molecule has 0 amide bonds. The molecule has 0 bridgehead atoms. The van der Waals surface area contributed by atoms with E-state index in [1.807, 2.05) is 18.5 Å². The van der Waals surface area contributed by atoms with Gasteiger partial charge in [-0.1, -0.05) is 0 Å². The molecule has 0 aliphatic carbocycles. The van der Waals surface area contributed by atoms with Crippen molar-refractivity contribution in [3.05, 3.63) is 30.9 Å². The number of piperazine rings is 1. The van der Waals surface area contributed by atoms with Crippen molar-refractivity contribution in [3.8, 4) is 0 Å². The average Bonchev–Trinajstić information content (AvgIpc) is 3.12. The third-order valence-corrected chi connectivity index (χ3v) is 5.33. The van der Waals surface area contributed by atoms with Gasteiger partial charge in [0.1, 0.15) is 30.2 Å². The van der Waals surface area contributed by atoms with E-state index in [1.54, 1.807) is 19.5 Å². The van der Waals surface area contributed by atoms with Gasteiger partial charge >= 0.3 is 0 Å². The largest absolute Gasteiger partial charge is 0.329 e. The number of quaternary nitrogens is 1. The summed E-state index contributed by atoms with van der Waals surface area (Å²) < 4.78 is 2.74. The number of likely N-dealkylation sites (N-methyl/N-ethyl adjacent to an activating group) is 1. The third kappa shape index (κ3) is 3.63. The fourth-order valence-corrected chi connectivity index (χ4v) is 3.38. The van der Waals surface area contributed by atoms with Crippen LogP contribution in [0.4, 0.5) is 17.6 Å². The zero-order valence-corrected chi connectivity index (χ0v) is 16.8. The van der Waals surface area contributed by atoms with Gasteiger partial charge in [0.25, 0.3) is 0 Å². The molecule has 3 aromatic rings. The van der Waals surface area contributed by atoms with E-state index in [0.717, 1.165) is 54.8 Å². The lowest BCUT2D eigenvalue weighted by atomic mass is 10.3. The minimum absolute atomic E-state index is 0.334. The van der Waals surface area contributed by atoms with E-state index < -0.39 is 0 Å². The number of anilines is 3. The summed E-state index contributed by atoms with van der Waals surface area (Å²) in [7, 11) is 3.85. The van der Waals surface area contributed by atoms with Gasteiger partial charge in [0.15, 0.2) is 0 Å². The van der Waals surface area contributed by atoms with Crippen LogP contribution in [-0.2, 0) is 4.84 Å². The number of nitrogens with zero attached hydrogens (tertiary/aromatic N) is 7. The molecule has 148 valence electrons. The van der Waals surface area contributed by atoms with Gasteiger partial charge in [-0.25, -0.2) is 19.8 Å². The van der Waals surface area contributed by atoms with Crippen LogP contribution in [0.1, 0.15) is 19.9 Å². The van der Waals surface area contributed by atoms with Crippen LogP contribution in [0.5, 0.6) is 0 Å². The molecule has 9 nitrogen and oxygen atoms in total. The van der Waals surface area contributed by atoms with Crippen LogP contribution < -0.4 is 10.2 Å². The highest BCUT2D eigenvalue weighted by Crippen LogP contribution is 2.22. The molecule has 1 saturated heterocycles. The second kappa shape index (κ2) is 7.33. The summed E-state index contributed by atoms with van der Waals surface area (Å²) in [5.41, 5.74) is 1.93. The second-order valence-corrected chi connectivity index (χ2v) is 7.58. The van der Waals surface area contributed by atoms with Gasteiger partial charge in [-0.15, -0.1) is 0 Å². The predicted octanol–water partition coefficient (Wildman–Crippen LogP) is 2.37. The lowest BCUT2D eigenvalue weighted by molar-refractivity contribution is -1.09. The van der Waals surface area contributed by atoms with Crippen LogP contribution >= 0.6 is 0 Å². The number of aromatic nitrogens is 5. The Morgan fingerprint density at radius 1 is 1.14 bits per heavy atom. The fraction of sp³-hybridized carbons (Fsp3) is 0.474. The molecular formula is C19H27N8O+. The standard InChI is InChI=1S/C19H27N8O/c1-14(2)26-13-22-15-12-21-18(11-16(15)26)23-17-5-6-20-19(24-17)25-7-9-27(3,28-4)10-8-25/h5-6,11-14H,7-10H2,1-4H3,(H,20,21,23,24)/q+1. The maximum atomic E-state index is 5.56. The molecule has 1 aliphatic heterocycles. The summed E-state index contributed by atoms with van der Waals surface area (Å²) in [6, 6.07) is 4.20. The summed E-state index contributed by atoms with van der Waals surface area (Å²) in [6.45, 7) is 7.77. The summed E-state index contributed by atoms with van der Waals surface area (Å²) >= 11 is 0. The number of imidazole rings is 1. The number of pyridine rings is 1. The lowest BCUT2D eigenvalue weighted by Gasteiger charge is -2.38. The molecule has 1 aliphatic rings. The van der Waals surface area contributed by atoms with Crippen molar-refractivity contribution in [1.82, 2.24) is 24.5 Å². The van der Waals surface area contributed by atoms with Crippen molar-refractivity contribution in [2.75, 3.05) is 50.6 Å². The average molecular weight is 383 g/mol.